The predicted octanol–water partition coefficient (Wildman–Crippen LogP) is 0.314. The van der Waals surface area contributed by atoms with E-state index in [-0.39, 0.29) is 5.24 Å². The van der Waals surface area contributed by atoms with Crippen LogP contribution in [0, 0.1) is 0 Å². The van der Waals surface area contributed by atoms with Gasteiger partial charge in [-0.05, 0) is 11.3 Å². The Hall–Kier alpha value is -1.17. The highest BCUT2D eigenvalue weighted by Gasteiger charge is 2.06. The molecule has 0 atom stereocenters. The highest BCUT2D eigenvalue weighted by molar-refractivity contribution is 8.13. The summed E-state index contributed by atoms with van der Waals surface area (Å²) in [6.07, 6.45) is 3.15. The molecule has 6 heteroatoms. The average Bonchev–Trinajstić information content (AvgIpc) is 2.60. The van der Waals surface area contributed by atoms with Gasteiger partial charge in [-0.1, -0.05) is 11.8 Å². The fourth-order valence-corrected chi connectivity index (χ4v) is 1.15. The first-order valence-electron chi connectivity index (χ1n) is 3.38. The summed E-state index contributed by atoms with van der Waals surface area (Å²) in [6, 6.07) is 1.72. The summed E-state index contributed by atoms with van der Waals surface area (Å²) >= 11 is 1.35. The van der Waals surface area contributed by atoms with Crippen LogP contribution in [-0.4, -0.2) is 32.9 Å². The quantitative estimate of drug-likeness (QED) is 0.628. The minimum Gasteiger partial charge on any atom is -0.346 e. The van der Waals surface area contributed by atoms with E-state index in [1.807, 2.05) is 0 Å². The molecule has 1 aromatic rings. The minimum atomic E-state index is 0.120. The third-order valence-electron chi connectivity index (χ3n) is 1.01. The van der Waals surface area contributed by atoms with Crippen LogP contribution in [0.4, 0.5) is 4.79 Å². The zero-order valence-electron chi connectivity index (χ0n) is 6.30. The molecule has 64 valence electrons. The average molecular weight is 184 g/mol. The maximum atomic E-state index is 10.1. The van der Waals surface area contributed by atoms with Gasteiger partial charge in [0.2, 0.25) is 0 Å². The van der Waals surface area contributed by atoms with Crippen molar-refractivity contribution in [1.82, 2.24) is 20.7 Å². The Kier molecular flexibility index (Phi) is 4.07. The van der Waals surface area contributed by atoms with Gasteiger partial charge in [-0.15, -0.1) is 10.2 Å². The molecular weight excluding hydrogens is 176 g/mol. The molecule has 0 aromatic carbocycles. The van der Waals surface area contributed by atoms with E-state index in [4.69, 9.17) is 0 Å². The Morgan fingerprint density at radius 1 is 1.42 bits per heavy atom. The Bertz CT molecular complexity index is 196. The van der Waals surface area contributed by atoms with E-state index in [0.29, 0.717) is 0 Å². The van der Waals surface area contributed by atoms with Crippen molar-refractivity contribution in [1.29, 1.82) is 0 Å². The first-order chi connectivity index (χ1) is 5.89. The van der Waals surface area contributed by atoms with Gasteiger partial charge < -0.3 is 5.32 Å². The number of rotatable bonds is 0. The molecule has 1 N–H and O–H groups in total. The van der Waals surface area contributed by atoms with Gasteiger partial charge >= 0.3 is 0 Å². The molecule has 1 aliphatic rings. The zero-order chi connectivity index (χ0) is 8.65. The number of amides is 1. The second-order valence-electron chi connectivity index (χ2n) is 1.87. The fourth-order valence-electron chi connectivity index (χ4n) is 0.553. The summed E-state index contributed by atoms with van der Waals surface area (Å²) in [5.74, 6) is 0.943. The summed E-state index contributed by atoms with van der Waals surface area (Å²) in [6.45, 7) is 0.851. The van der Waals surface area contributed by atoms with Crippen LogP contribution in [-0.2, 0) is 0 Å². The SMILES string of the molecule is O=C1NCCS1.c1cnnnc1. The van der Waals surface area contributed by atoms with Gasteiger partial charge in [0, 0.05) is 12.3 Å². The van der Waals surface area contributed by atoms with Gasteiger partial charge in [0.25, 0.3) is 5.24 Å². The molecule has 0 radical (unpaired) electrons. The fraction of sp³-hybridized carbons (Fsp3) is 0.333. The number of carbonyl (C=O) groups is 1. The monoisotopic (exact) mass is 184 g/mol. The topological polar surface area (TPSA) is 67.8 Å². The first kappa shape index (κ1) is 8.92. The molecule has 0 bridgehead atoms. The van der Waals surface area contributed by atoms with Crippen molar-refractivity contribution in [3.05, 3.63) is 18.5 Å². The molecule has 1 aliphatic heterocycles. The van der Waals surface area contributed by atoms with E-state index in [2.05, 4.69) is 20.7 Å². The summed E-state index contributed by atoms with van der Waals surface area (Å²) in [5.41, 5.74) is 0. The first-order valence-corrected chi connectivity index (χ1v) is 4.37. The Morgan fingerprint density at radius 3 is 2.33 bits per heavy atom. The molecule has 12 heavy (non-hydrogen) atoms. The van der Waals surface area contributed by atoms with Crippen molar-refractivity contribution in [3.8, 4) is 0 Å². The molecular formula is C6H8N4OS. The lowest BCUT2D eigenvalue weighted by Crippen LogP contribution is -2.10. The smallest absolute Gasteiger partial charge is 0.279 e. The molecule has 1 amide bonds. The van der Waals surface area contributed by atoms with E-state index < -0.39 is 0 Å². The molecule has 0 unspecified atom stereocenters. The van der Waals surface area contributed by atoms with Gasteiger partial charge in [0.05, 0.1) is 12.4 Å². The Balaban J connectivity index is 0.000000120. The Morgan fingerprint density at radius 2 is 2.17 bits per heavy atom. The third-order valence-corrected chi connectivity index (χ3v) is 1.83. The highest BCUT2D eigenvalue weighted by atomic mass is 32.2. The van der Waals surface area contributed by atoms with Crippen molar-refractivity contribution in [2.75, 3.05) is 12.3 Å². The van der Waals surface area contributed by atoms with E-state index in [9.17, 15) is 4.79 Å². The van der Waals surface area contributed by atoms with Gasteiger partial charge in [0.15, 0.2) is 0 Å². The van der Waals surface area contributed by atoms with Crippen LogP contribution in [0.5, 0.6) is 0 Å². The van der Waals surface area contributed by atoms with Gasteiger partial charge in [-0.3, -0.25) is 4.79 Å². The molecule has 0 saturated carbocycles. The molecule has 2 heterocycles. The van der Waals surface area contributed by atoms with E-state index in [1.54, 1.807) is 18.5 Å². The van der Waals surface area contributed by atoms with Crippen molar-refractivity contribution in [2.24, 2.45) is 0 Å². The van der Waals surface area contributed by atoms with E-state index in [0.717, 1.165) is 12.3 Å². The van der Waals surface area contributed by atoms with Gasteiger partial charge in [0.1, 0.15) is 0 Å². The van der Waals surface area contributed by atoms with Crippen molar-refractivity contribution in [2.45, 2.75) is 0 Å². The highest BCUT2D eigenvalue weighted by Crippen LogP contribution is 2.04. The lowest BCUT2D eigenvalue weighted by atomic mass is 10.7. The van der Waals surface area contributed by atoms with Crippen LogP contribution >= 0.6 is 11.8 Å². The van der Waals surface area contributed by atoms with Crippen LogP contribution in [0.25, 0.3) is 0 Å². The van der Waals surface area contributed by atoms with Crippen LogP contribution in [0.1, 0.15) is 0 Å². The van der Waals surface area contributed by atoms with Crippen molar-refractivity contribution < 1.29 is 4.79 Å². The lowest BCUT2D eigenvalue weighted by Gasteiger charge is -1.78. The number of nitrogens with one attached hydrogen (secondary N) is 1. The molecule has 0 spiro atoms. The summed E-state index contributed by atoms with van der Waals surface area (Å²) in [4.78, 5) is 10.1. The molecule has 0 aliphatic carbocycles. The molecule has 1 aromatic heterocycles. The number of thioether (sulfide) groups is 1. The van der Waals surface area contributed by atoms with E-state index in [1.165, 1.54) is 11.8 Å². The molecule has 1 fully saturated rings. The van der Waals surface area contributed by atoms with Crippen molar-refractivity contribution in [3.63, 3.8) is 0 Å². The number of nitrogens with zero attached hydrogens (tertiary/aromatic N) is 3. The molecule has 1 saturated heterocycles. The van der Waals surface area contributed by atoms with Crippen LogP contribution < -0.4 is 5.32 Å². The van der Waals surface area contributed by atoms with Crippen LogP contribution in [0.3, 0.4) is 0 Å². The molecule has 5 nitrogen and oxygen atoms in total. The number of hydrogen-bond acceptors (Lipinski definition) is 5. The summed E-state index contributed by atoms with van der Waals surface area (Å²) in [7, 11) is 0. The van der Waals surface area contributed by atoms with Crippen molar-refractivity contribution >= 4 is 17.0 Å². The van der Waals surface area contributed by atoms with Crippen LogP contribution in [0.2, 0.25) is 0 Å². The maximum absolute atomic E-state index is 10.1. The zero-order valence-corrected chi connectivity index (χ0v) is 7.12. The normalized spacial score (nSPS) is 14.5. The van der Waals surface area contributed by atoms with E-state index >= 15 is 0 Å². The standard InChI is InChI=1S/C3H3N3.C3H5NOS/c1-2-4-6-5-3-1;5-3-4-1-2-6-3/h1-3H;1-2H2,(H,4,5). The van der Waals surface area contributed by atoms with Gasteiger partial charge in [-0.2, -0.15) is 0 Å². The van der Waals surface area contributed by atoms with Gasteiger partial charge in [-0.25, -0.2) is 0 Å². The summed E-state index contributed by atoms with van der Waals surface area (Å²) < 4.78 is 0. The second kappa shape index (κ2) is 5.48. The lowest BCUT2D eigenvalue weighted by molar-refractivity contribution is 0.262. The van der Waals surface area contributed by atoms with Crippen LogP contribution in [0.15, 0.2) is 18.5 Å². The number of carbonyl (C=O) groups excluding carboxylic acids is 1. The third kappa shape index (κ3) is 3.87. The number of hydrogen-bond donors (Lipinski definition) is 1. The predicted molar refractivity (Wildman–Crippen MR) is 45.7 cm³/mol. The molecule has 2 rings (SSSR count). The number of aromatic nitrogens is 3. The Labute approximate surface area is 74.0 Å². The maximum Gasteiger partial charge on any atom is 0.279 e. The second-order valence-corrected chi connectivity index (χ2v) is 2.94. The summed E-state index contributed by atoms with van der Waals surface area (Å²) in [5, 5.41) is 12.9. The largest absolute Gasteiger partial charge is 0.346 e. The minimum absolute atomic E-state index is 0.120.